The van der Waals surface area contributed by atoms with Crippen LogP contribution in [0.1, 0.15) is 53.1 Å². The Bertz CT molecular complexity index is 427. The van der Waals surface area contributed by atoms with Crippen molar-refractivity contribution in [2.24, 2.45) is 5.41 Å². The highest BCUT2D eigenvalue weighted by atomic mass is 16.5. The summed E-state index contributed by atoms with van der Waals surface area (Å²) in [6, 6.07) is 10.0. The summed E-state index contributed by atoms with van der Waals surface area (Å²) in [5.41, 5.74) is 0.754. The lowest BCUT2D eigenvalue weighted by atomic mass is 9.82. The maximum absolute atomic E-state index is 12.1. The summed E-state index contributed by atoms with van der Waals surface area (Å²) in [6.45, 7) is 12.3. The van der Waals surface area contributed by atoms with E-state index in [1.165, 1.54) is 0 Å². The first-order valence-corrected chi connectivity index (χ1v) is 7.08. The molecular formula is C17H27NO2. The highest BCUT2D eigenvalue weighted by molar-refractivity contribution is 5.77. The van der Waals surface area contributed by atoms with Crippen LogP contribution in [0.2, 0.25) is 0 Å². The van der Waals surface area contributed by atoms with Crippen LogP contribution in [-0.2, 0) is 9.53 Å². The minimum absolute atomic E-state index is 0.0280. The van der Waals surface area contributed by atoms with Gasteiger partial charge in [-0.05, 0) is 31.7 Å². The van der Waals surface area contributed by atoms with Crippen LogP contribution in [0.4, 0.5) is 0 Å². The first kappa shape index (κ1) is 16.7. The van der Waals surface area contributed by atoms with Crippen molar-refractivity contribution < 1.29 is 9.53 Å². The molecule has 0 aromatic heterocycles. The molecule has 0 bridgehead atoms. The summed E-state index contributed by atoms with van der Waals surface area (Å²) in [5.74, 6) is -0.0799. The van der Waals surface area contributed by atoms with Crippen molar-refractivity contribution in [1.82, 2.24) is 5.32 Å². The van der Waals surface area contributed by atoms with Crippen LogP contribution < -0.4 is 5.32 Å². The highest BCUT2D eigenvalue weighted by Crippen LogP contribution is 2.32. The van der Waals surface area contributed by atoms with Crippen LogP contribution in [0.5, 0.6) is 0 Å². The van der Waals surface area contributed by atoms with E-state index in [9.17, 15) is 4.79 Å². The lowest BCUT2D eigenvalue weighted by Gasteiger charge is -2.32. The lowest BCUT2D eigenvalue weighted by Crippen LogP contribution is -2.39. The zero-order valence-electron chi connectivity index (χ0n) is 13.5. The smallest absolute Gasteiger partial charge is 0.246 e. The van der Waals surface area contributed by atoms with E-state index < -0.39 is 0 Å². The molecule has 0 saturated heterocycles. The van der Waals surface area contributed by atoms with Gasteiger partial charge in [0.05, 0.1) is 11.6 Å². The van der Waals surface area contributed by atoms with Gasteiger partial charge in [-0.1, -0.05) is 51.1 Å². The topological polar surface area (TPSA) is 38.3 Å². The van der Waals surface area contributed by atoms with E-state index in [4.69, 9.17) is 4.74 Å². The Morgan fingerprint density at radius 2 is 1.65 bits per heavy atom. The predicted molar refractivity (Wildman–Crippen MR) is 82.5 cm³/mol. The second kappa shape index (κ2) is 6.40. The normalized spacial score (nSPS) is 13.9. The van der Waals surface area contributed by atoms with Crippen molar-refractivity contribution in [3.8, 4) is 0 Å². The number of benzene rings is 1. The van der Waals surface area contributed by atoms with E-state index in [2.05, 4.69) is 26.1 Å². The third kappa shape index (κ3) is 5.74. The van der Waals surface area contributed by atoms with Crippen molar-refractivity contribution in [2.75, 3.05) is 6.61 Å². The number of carbonyl (C=O) groups excluding carboxylic acids is 1. The molecule has 0 radical (unpaired) electrons. The molecule has 0 aliphatic heterocycles. The Morgan fingerprint density at radius 3 is 2.10 bits per heavy atom. The van der Waals surface area contributed by atoms with Gasteiger partial charge in [0.25, 0.3) is 0 Å². The molecule has 1 aromatic rings. The Kier molecular flexibility index (Phi) is 5.35. The van der Waals surface area contributed by atoms with Crippen molar-refractivity contribution in [3.05, 3.63) is 35.9 Å². The molecule has 112 valence electrons. The van der Waals surface area contributed by atoms with Gasteiger partial charge in [-0.3, -0.25) is 4.79 Å². The molecule has 1 amide bonds. The average Bonchev–Trinajstić information content (AvgIpc) is 2.32. The molecule has 1 rings (SSSR count). The average molecular weight is 277 g/mol. The van der Waals surface area contributed by atoms with Gasteiger partial charge in [-0.15, -0.1) is 0 Å². The van der Waals surface area contributed by atoms with E-state index in [0.717, 1.165) is 5.56 Å². The standard InChI is InChI=1S/C17H27NO2/c1-16(2,3)15(13-10-8-7-9-11-13)18-14(19)12-20-17(4,5)6/h7-11,15H,12H2,1-6H3,(H,18,19). The monoisotopic (exact) mass is 277 g/mol. The van der Waals surface area contributed by atoms with Gasteiger partial charge in [-0.2, -0.15) is 0 Å². The van der Waals surface area contributed by atoms with Crippen molar-refractivity contribution in [1.29, 1.82) is 0 Å². The molecule has 0 heterocycles. The summed E-state index contributed by atoms with van der Waals surface area (Å²) in [5, 5.41) is 3.08. The molecule has 1 N–H and O–H groups in total. The molecule has 0 spiro atoms. The second-order valence-electron chi connectivity index (χ2n) is 7.18. The summed E-state index contributed by atoms with van der Waals surface area (Å²) < 4.78 is 5.53. The van der Waals surface area contributed by atoms with Gasteiger partial charge >= 0.3 is 0 Å². The first-order chi connectivity index (χ1) is 9.09. The van der Waals surface area contributed by atoms with Crippen LogP contribution in [0, 0.1) is 5.41 Å². The van der Waals surface area contributed by atoms with Crippen LogP contribution in [0.15, 0.2) is 30.3 Å². The van der Waals surface area contributed by atoms with Gasteiger partial charge in [-0.25, -0.2) is 0 Å². The molecule has 0 fully saturated rings. The van der Waals surface area contributed by atoms with Crippen LogP contribution in [0.3, 0.4) is 0 Å². The fourth-order valence-corrected chi connectivity index (χ4v) is 1.93. The van der Waals surface area contributed by atoms with Gasteiger partial charge in [0, 0.05) is 0 Å². The Balaban J connectivity index is 2.75. The van der Waals surface area contributed by atoms with Crippen LogP contribution in [-0.4, -0.2) is 18.1 Å². The molecule has 0 aliphatic carbocycles. The minimum Gasteiger partial charge on any atom is -0.366 e. The third-order valence-corrected chi connectivity index (χ3v) is 2.94. The van der Waals surface area contributed by atoms with Gasteiger partial charge in [0.15, 0.2) is 0 Å². The van der Waals surface area contributed by atoms with E-state index >= 15 is 0 Å². The highest BCUT2D eigenvalue weighted by Gasteiger charge is 2.28. The minimum atomic E-state index is -0.304. The Hall–Kier alpha value is -1.35. The second-order valence-corrected chi connectivity index (χ2v) is 7.18. The lowest BCUT2D eigenvalue weighted by molar-refractivity contribution is -0.132. The Morgan fingerprint density at radius 1 is 1.10 bits per heavy atom. The summed E-state index contributed by atoms with van der Waals surface area (Å²) in [6.07, 6.45) is 0. The SMILES string of the molecule is CC(C)(C)OCC(=O)NC(c1ccccc1)C(C)(C)C. The van der Waals surface area contributed by atoms with E-state index in [1.54, 1.807) is 0 Å². The van der Waals surface area contributed by atoms with E-state index in [1.807, 2.05) is 51.1 Å². The zero-order chi connectivity index (χ0) is 15.4. The Labute approximate surface area is 122 Å². The molecular weight excluding hydrogens is 250 g/mol. The fourth-order valence-electron chi connectivity index (χ4n) is 1.93. The maximum Gasteiger partial charge on any atom is 0.246 e. The fraction of sp³-hybridized carbons (Fsp3) is 0.588. The summed E-state index contributed by atoms with van der Waals surface area (Å²) >= 11 is 0. The van der Waals surface area contributed by atoms with Gasteiger partial charge < -0.3 is 10.1 Å². The first-order valence-electron chi connectivity index (χ1n) is 7.08. The van der Waals surface area contributed by atoms with Gasteiger partial charge in [0.1, 0.15) is 6.61 Å². The third-order valence-electron chi connectivity index (χ3n) is 2.94. The van der Waals surface area contributed by atoms with E-state index in [-0.39, 0.29) is 29.6 Å². The number of nitrogens with one attached hydrogen (secondary N) is 1. The van der Waals surface area contributed by atoms with Crippen molar-refractivity contribution in [3.63, 3.8) is 0 Å². The molecule has 1 atom stereocenters. The van der Waals surface area contributed by atoms with E-state index in [0.29, 0.717) is 0 Å². The molecule has 0 saturated carbocycles. The number of rotatable bonds is 4. The molecule has 1 unspecified atom stereocenters. The molecule has 3 heteroatoms. The van der Waals surface area contributed by atoms with Crippen LogP contribution in [0.25, 0.3) is 0 Å². The summed E-state index contributed by atoms with van der Waals surface area (Å²) in [4.78, 5) is 12.1. The molecule has 1 aromatic carbocycles. The largest absolute Gasteiger partial charge is 0.366 e. The van der Waals surface area contributed by atoms with Crippen molar-refractivity contribution in [2.45, 2.75) is 53.2 Å². The van der Waals surface area contributed by atoms with Crippen LogP contribution >= 0.6 is 0 Å². The zero-order valence-corrected chi connectivity index (χ0v) is 13.5. The molecule has 0 aliphatic rings. The number of hydrogen-bond acceptors (Lipinski definition) is 2. The van der Waals surface area contributed by atoms with Crippen molar-refractivity contribution >= 4 is 5.91 Å². The predicted octanol–water partition coefficient (Wildman–Crippen LogP) is 3.71. The van der Waals surface area contributed by atoms with Gasteiger partial charge in [0.2, 0.25) is 5.91 Å². The number of amides is 1. The molecule has 3 nitrogen and oxygen atoms in total. The number of hydrogen-bond donors (Lipinski definition) is 1. The quantitative estimate of drug-likeness (QED) is 0.911. The number of carbonyl (C=O) groups is 1. The molecule has 20 heavy (non-hydrogen) atoms. The number of ether oxygens (including phenoxy) is 1. The maximum atomic E-state index is 12.1. The summed E-state index contributed by atoms with van der Waals surface area (Å²) in [7, 11) is 0.